The highest BCUT2D eigenvalue weighted by Crippen LogP contribution is 2.32. The summed E-state index contributed by atoms with van der Waals surface area (Å²) in [6.45, 7) is 10.1. The first-order chi connectivity index (χ1) is 16.0. The predicted octanol–water partition coefficient (Wildman–Crippen LogP) is 5.01. The number of para-hydroxylation sites is 2. The van der Waals surface area contributed by atoms with E-state index in [9.17, 15) is 9.59 Å². The average Bonchev–Trinajstić information content (AvgIpc) is 3.07. The number of aromatic nitrogens is 2. The maximum atomic E-state index is 13.4. The van der Waals surface area contributed by atoms with Gasteiger partial charge in [0.15, 0.2) is 0 Å². The highest BCUT2D eigenvalue weighted by molar-refractivity contribution is 6.35. The fourth-order valence-electron chi connectivity index (χ4n) is 3.98. The fraction of sp³-hybridized carbons (Fsp3) is 0.400. The molecule has 180 valence electrons. The third-order valence-electron chi connectivity index (χ3n) is 5.53. The molecule has 1 aliphatic heterocycles. The van der Waals surface area contributed by atoms with Crippen LogP contribution >= 0.6 is 11.6 Å². The normalized spacial score (nSPS) is 14.2. The molecular weight excluding hydrogens is 456 g/mol. The number of aromatic amines is 1. The van der Waals surface area contributed by atoms with Crippen LogP contribution in [0.5, 0.6) is 5.75 Å². The van der Waals surface area contributed by atoms with Gasteiger partial charge < -0.3 is 19.7 Å². The Balaban J connectivity index is 1.58. The first-order valence-corrected chi connectivity index (χ1v) is 11.5. The Labute approximate surface area is 203 Å². The molecule has 1 aliphatic rings. The third-order valence-corrected chi connectivity index (χ3v) is 5.84. The van der Waals surface area contributed by atoms with Crippen molar-refractivity contribution < 1.29 is 19.1 Å². The van der Waals surface area contributed by atoms with Gasteiger partial charge in [-0.3, -0.25) is 9.89 Å². The van der Waals surface area contributed by atoms with Gasteiger partial charge in [0.1, 0.15) is 18.0 Å². The molecule has 0 unspecified atom stereocenters. The van der Waals surface area contributed by atoms with Crippen molar-refractivity contribution in [2.45, 2.75) is 52.3 Å². The molecule has 2 amide bonds. The minimum Gasteiger partial charge on any atom is -0.491 e. The highest BCUT2D eigenvalue weighted by atomic mass is 35.5. The van der Waals surface area contributed by atoms with Crippen LogP contribution in [0.2, 0.25) is 5.02 Å². The highest BCUT2D eigenvalue weighted by Gasteiger charge is 2.31. The van der Waals surface area contributed by atoms with E-state index in [0.717, 1.165) is 16.5 Å². The second-order valence-corrected chi connectivity index (χ2v) is 10.3. The average molecular weight is 485 g/mol. The Kier molecular flexibility index (Phi) is 6.20. The Hall–Kier alpha value is -3.26. The van der Waals surface area contributed by atoms with Crippen molar-refractivity contribution in [1.82, 2.24) is 20.4 Å². The van der Waals surface area contributed by atoms with Gasteiger partial charge in [-0.15, -0.1) is 0 Å². The summed E-state index contributed by atoms with van der Waals surface area (Å²) >= 11 is 6.27. The molecule has 0 atom stereocenters. The molecule has 9 heteroatoms. The van der Waals surface area contributed by atoms with Crippen molar-refractivity contribution >= 4 is 34.5 Å². The minimum absolute atomic E-state index is 0.252. The Morgan fingerprint density at radius 2 is 1.88 bits per heavy atom. The number of halogens is 1. The van der Waals surface area contributed by atoms with Crippen molar-refractivity contribution in [2.75, 3.05) is 13.2 Å². The SMILES string of the molecule is CC(C)(C)OC(=O)N1CCOc2c(cccc2C(=O)NC(C)(C)c2n[nH]c3c(Cl)cccc23)C1. The fourth-order valence-corrected chi connectivity index (χ4v) is 4.19. The number of hydrogen-bond donors (Lipinski definition) is 2. The lowest BCUT2D eigenvalue weighted by molar-refractivity contribution is 0.0225. The molecule has 4 rings (SSSR count). The van der Waals surface area contributed by atoms with Crippen LogP contribution in [0.3, 0.4) is 0 Å². The molecule has 0 radical (unpaired) electrons. The summed E-state index contributed by atoms with van der Waals surface area (Å²) in [6, 6.07) is 10.9. The van der Waals surface area contributed by atoms with Crippen LogP contribution in [-0.2, 0) is 16.8 Å². The Morgan fingerprint density at radius 3 is 2.62 bits per heavy atom. The number of ether oxygens (including phenoxy) is 2. The summed E-state index contributed by atoms with van der Waals surface area (Å²) in [4.78, 5) is 27.6. The molecule has 0 saturated carbocycles. The minimum atomic E-state index is -0.796. The first-order valence-electron chi connectivity index (χ1n) is 11.1. The summed E-state index contributed by atoms with van der Waals surface area (Å²) in [7, 11) is 0. The van der Waals surface area contributed by atoms with Gasteiger partial charge >= 0.3 is 6.09 Å². The summed E-state index contributed by atoms with van der Waals surface area (Å²) in [6.07, 6.45) is -0.413. The van der Waals surface area contributed by atoms with Gasteiger partial charge in [-0.25, -0.2) is 4.79 Å². The molecule has 2 N–H and O–H groups in total. The van der Waals surface area contributed by atoms with E-state index in [4.69, 9.17) is 21.1 Å². The summed E-state index contributed by atoms with van der Waals surface area (Å²) < 4.78 is 11.5. The number of amides is 2. The number of nitrogens with one attached hydrogen (secondary N) is 2. The van der Waals surface area contributed by atoms with Crippen LogP contribution in [-0.4, -0.2) is 45.9 Å². The van der Waals surface area contributed by atoms with E-state index in [1.54, 1.807) is 23.1 Å². The third kappa shape index (κ3) is 4.82. The number of fused-ring (bicyclic) bond motifs is 2. The van der Waals surface area contributed by atoms with Crippen molar-refractivity contribution in [2.24, 2.45) is 0 Å². The van der Waals surface area contributed by atoms with Gasteiger partial charge in [-0.2, -0.15) is 5.10 Å². The van der Waals surface area contributed by atoms with Crippen molar-refractivity contribution in [3.63, 3.8) is 0 Å². The Morgan fingerprint density at radius 1 is 1.15 bits per heavy atom. The van der Waals surface area contributed by atoms with Gasteiger partial charge in [-0.1, -0.05) is 35.9 Å². The smallest absolute Gasteiger partial charge is 0.410 e. The van der Waals surface area contributed by atoms with Crippen molar-refractivity contribution in [3.8, 4) is 5.75 Å². The maximum absolute atomic E-state index is 13.4. The van der Waals surface area contributed by atoms with Crippen LogP contribution < -0.4 is 10.1 Å². The van der Waals surface area contributed by atoms with Crippen LogP contribution in [0.15, 0.2) is 36.4 Å². The zero-order valence-electron chi connectivity index (χ0n) is 20.0. The number of carbonyl (C=O) groups is 2. The summed E-state index contributed by atoms with van der Waals surface area (Å²) in [5, 5.41) is 11.9. The molecule has 34 heavy (non-hydrogen) atoms. The van der Waals surface area contributed by atoms with E-state index >= 15 is 0 Å². The van der Waals surface area contributed by atoms with Crippen LogP contribution in [0.4, 0.5) is 4.79 Å². The van der Waals surface area contributed by atoms with Gasteiger partial charge in [0.25, 0.3) is 5.91 Å². The summed E-state index contributed by atoms with van der Waals surface area (Å²) in [5.74, 6) is 0.169. The topological polar surface area (TPSA) is 96.5 Å². The number of hydrogen-bond acceptors (Lipinski definition) is 5. The van der Waals surface area contributed by atoms with E-state index in [-0.39, 0.29) is 19.1 Å². The standard InChI is InChI=1S/C25H29ClN4O4/c1-24(2,3)34-23(32)30-12-13-33-20-15(14-30)8-6-10-17(20)22(31)27-25(4,5)21-16-9-7-11-18(26)19(16)28-29-21/h6-11H,12-14H2,1-5H3,(H,27,31)(H,28,29). The van der Waals surface area contributed by atoms with Gasteiger partial charge in [0, 0.05) is 10.9 Å². The monoisotopic (exact) mass is 484 g/mol. The molecule has 0 fully saturated rings. The van der Waals surface area contributed by atoms with Gasteiger partial charge in [-0.05, 0) is 46.8 Å². The molecular formula is C25H29ClN4O4. The molecule has 0 bridgehead atoms. The molecule has 8 nitrogen and oxygen atoms in total. The van der Waals surface area contributed by atoms with Crippen molar-refractivity contribution in [1.29, 1.82) is 0 Å². The van der Waals surface area contributed by atoms with Gasteiger partial charge in [0.2, 0.25) is 0 Å². The Bertz CT molecular complexity index is 1250. The van der Waals surface area contributed by atoms with Gasteiger partial charge in [0.05, 0.1) is 40.4 Å². The molecule has 0 aliphatic carbocycles. The predicted molar refractivity (Wildman–Crippen MR) is 130 cm³/mol. The maximum Gasteiger partial charge on any atom is 0.410 e. The second kappa shape index (κ2) is 8.83. The quantitative estimate of drug-likeness (QED) is 0.544. The molecule has 2 aromatic carbocycles. The number of H-pyrrole nitrogens is 1. The largest absolute Gasteiger partial charge is 0.491 e. The lowest BCUT2D eigenvalue weighted by atomic mass is 9.96. The van der Waals surface area contributed by atoms with E-state index in [1.165, 1.54) is 0 Å². The molecule has 2 heterocycles. The lowest BCUT2D eigenvalue weighted by Crippen LogP contribution is -2.41. The van der Waals surface area contributed by atoms with Crippen LogP contribution in [0.1, 0.15) is 56.2 Å². The van der Waals surface area contributed by atoms with Crippen molar-refractivity contribution in [3.05, 3.63) is 58.2 Å². The molecule has 1 aromatic heterocycles. The van der Waals surface area contributed by atoms with Crippen LogP contribution in [0.25, 0.3) is 10.9 Å². The molecule has 0 spiro atoms. The number of nitrogens with zero attached hydrogens (tertiary/aromatic N) is 2. The first kappa shape index (κ1) is 23.9. The number of benzene rings is 2. The summed E-state index contributed by atoms with van der Waals surface area (Å²) in [5.41, 5.74) is 1.15. The lowest BCUT2D eigenvalue weighted by Gasteiger charge is -2.26. The van der Waals surface area contributed by atoms with E-state index < -0.39 is 17.2 Å². The van der Waals surface area contributed by atoms with E-state index in [2.05, 4.69) is 15.5 Å². The van der Waals surface area contributed by atoms with E-state index in [0.29, 0.717) is 28.6 Å². The van der Waals surface area contributed by atoms with E-state index in [1.807, 2.05) is 52.8 Å². The number of rotatable bonds is 3. The zero-order chi connectivity index (χ0) is 24.7. The molecule has 3 aromatic rings. The zero-order valence-corrected chi connectivity index (χ0v) is 20.7. The number of carbonyl (C=O) groups excluding carboxylic acids is 2. The molecule has 0 saturated heterocycles. The second-order valence-electron chi connectivity index (χ2n) is 9.86. The van der Waals surface area contributed by atoms with Crippen LogP contribution in [0, 0.1) is 0 Å².